The van der Waals surface area contributed by atoms with Crippen LogP contribution in [0.2, 0.25) is 0 Å². The van der Waals surface area contributed by atoms with Crippen LogP contribution in [0.15, 0.2) is 97.2 Å². The number of hydrogen-bond donors (Lipinski definition) is 0. The van der Waals surface area contributed by atoms with Gasteiger partial charge in [0.1, 0.15) is 13.2 Å². The van der Waals surface area contributed by atoms with Crippen LogP contribution in [0.25, 0.3) is 0 Å². The molecular weight excluding hydrogens is 781 g/mol. The van der Waals surface area contributed by atoms with Crippen molar-refractivity contribution in [2.75, 3.05) is 13.2 Å². The Morgan fingerprint density at radius 2 is 0.635 bits per heavy atom. The van der Waals surface area contributed by atoms with Crippen LogP contribution in [-0.4, -0.2) is 37.2 Å². The van der Waals surface area contributed by atoms with Gasteiger partial charge in [-0.05, 0) is 83.5 Å². The van der Waals surface area contributed by atoms with Gasteiger partial charge in [-0.2, -0.15) is 0 Å². The average molecular weight is 875 g/mol. The number of hydrogen-bond acceptors (Lipinski definition) is 6. The highest BCUT2D eigenvalue weighted by molar-refractivity contribution is 5.71. The third-order valence-corrected chi connectivity index (χ3v) is 10.7. The van der Waals surface area contributed by atoms with Crippen LogP contribution in [-0.2, 0) is 28.6 Å². The number of unbranched alkanes of at least 4 members (excludes halogenated alkanes) is 23. The van der Waals surface area contributed by atoms with E-state index in [2.05, 4.69) is 93.7 Å². The largest absolute Gasteiger partial charge is 0.462 e. The van der Waals surface area contributed by atoms with Gasteiger partial charge in [-0.25, -0.2) is 0 Å². The third kappa shape index (κ3) is 49.2. The van der Waals surface area contributed by atoms with Crippen molar-refractivity contribution < 1.29 is 28.6 Å². The van der Waals surface area contributed by atoms with Crippen molar-refractivity contribution in [3.05, 3.63) is 97.2 Å². The molecule has 0 saturated carbocycles. The van der Waals surface area contributed by atoms with Crippen LogP contribution in [0.5, 0.6) is 0 Å². The fourth-order valence-corrected chi connectivity index (χ4v) is 6.74. The van der Waals surface area contributed by atoms with Crippen molar-refractivity contribution in [1.82, 2.24) is 0 Å². The van der Waals surface area contributed by atoms with Gasteiger partial charge in [0, 0.05) is 19.3 Å². The van der Waals surface area contributed by atoms with E-state index in [0.717, 1.165) is 109 Å². The van der Waals surface area contributed by atoms with Gasteiger partial charge in [0.05, 0.1) is 0 Å². The minimum Gasteiger partial charge on any atom is -0.462 e. The van der Waals surface area contributed by atoms with Crippen LogP contribution in [0, 0.1) is 0 Å². The SMILES string of the molecule is CCC\C=C/C=C\C=C/C=C\C=C/CCCCCCCC(=O)OCC(COC(=O)CCCCC/C=C\C=C/CCCC)OC(=O)CCCCCCC/C=C\CCCCCCCCC. The van der Waals surface area contributed by atoms with Gasteiger partial charge >= 0.3 is 17.9 Å². The quantitative estimate of drug-likeness (QED) is 0.0199. The van der Waals surface area contributed by atoms with Crippen molar-refractivity contribution in [3.63, 3.8) is 0 Å². The molecule has 0 aliphatic carbocycles. The van der Waals surface area contributed by atoms with E-state index in [-0.39, 0.29) is 31.1 Å². The molecular formula is C57H94O6. The Hall–Kier alpha value is -3.67. The molecule has 0 amide bonds. The molecule has 0 N–H and O–H groups in total. The number of carbonyl (C=O) groups is 3. The highest BCUT2D eigenvalue weighted by atomic mass is 16.6. The molecule has 0 aromatic rings. The smallest absolute Gasteiger partial charge is 0.306 e. The summed E-state index contributed by atoms with van der Waals surface area (Å²) in [6, 6.07) is 0. The summed E-state index contributed by atoms with van der Waals surface area (Å²) in [5, 5.41) is 0. The maximum Gasteiger partial charge on any atom is 0.306 e. The average Bonchev–Trinajstić information content (AvgIpc) is 3.28. The zero-order valence-corrected chi connectivity index (χ0v) is 40.8. The summed E-state index contributed by atoms with van der Waals surface area (Å²) in [7, 11) is 0. The highest BCUT2D eigenvalue weighted by Gasteiger charge is 2.19. The lowest BCUT2D eigenvalue weighted by Crippen LogP contribution is -2.30. The van der Waals surface area contributed by atoms with E-state index in [1.54, 1.807) is 0 Å². The lowest BCUT2D eigenvalue weighted by molar-refractivity contribution is -0.167. The fraction of sp³-hybridized carbons (Fsp3) is 0.667. The van der Waals surface area contributed by atoms with E-state index >= 15 is 0 Å². The van der Waals surface area contributed by atoms with Crippen LogP contribution < -0.4 is 0 Å². The summed E-state index contributed by atoms with van der Waals surface area (Å²) in [5.74, 6) is -0.967. The Bertz CT molecular complexity index is 1280. The van der Waals surface area contributed by atoms with Gasteiger partial charge < -0.3 is 14.2 Å². The topological polar surface area (TPSA) is 78.9 Å². The molecule has 0 aliphatic heterocycles. The van der Waals surface area contributed by atoms with Crippen molar-refractivity contribution >= 4 is 17.9 Å². The van der Waals surface area contributed by atoms with E-state index in [1.807, 2.05) is 24.3 Å². The normalized spacial score (nSPS) is 12.9. The Kier molecular flexibility index (Phi) is 48.0. The van der Waals surface area contributed by atoms with E-state index < -0.39 is 6.10 Å². The zero-order chi connectivity index (χ0) is 45.8. The number of rotatable bonds is 45. The number of carbonyl (C=O) groups excluding carboxylic acids is 3. The maximum absolute atomic E-state index is 12.8. The predicted molar refractivity (Wildman–Crippen MR) is 270 cm³/mol. The Morgan fingerprint density at radius 3 is 1.08 bits per heavy atom. The molecule has 0 aliphatic rings. The first-order chi connectivity index (χ1) is 31.0. The second kappa shape index (κ2) is 51.0. The number of ether oxygens (including phenoxy) is 3. The van der Waals surface area contributed by atoms with Gasteiger partial charge in [0.2, 0.25) is 0 Å². The number of esters is 3. The molecule has 63 heavy (non-hydrogen) atoms. The summed E-state index contributed by atoms with van der Waals surface area (Å²) in [6.45, 7) is 6.43. The Morgan fingerprint density at radius 1 is 0.317 bits per heavy atom. The molecule has 0 spiro atoms. The van der Waals surface area contributed by atoms with Crippen LogP contribution in [0.3, 0.4) is 0 Å². The fourth-order valence-electron chi connectivity index (χ4n) is 6.74. The van der Waals surface area contributed by atoms with Gasteiger partial charge in [-0.15, -0.1) is 0 Å². The summed E-state index contributed by atoms with van der Waals surface area (Å²) >= 11 is 0. The minimum absolute atomic E-state index is 0.104. The summed E-state index contributed by atoms with van der Waals surface area (Å²) in [4.78, 5) is 37.9. The summed E-state index contributed by atoms with van der Waals surface area (Å²) in [5.41, 5.74) is 0. The van der Waals surface area contributed by atoms with Gasteiger partial charge in [0.15, 0.2) is 6.10 Å². The molecule has 0 heterocycles. The second-order valence-corrected chi connectivity index (χ2v) is 16.9. The predicted octanol–water partition coefficient (Wildman–Crippen LogP) is 17.0. The number of allylic oxidation sites excluding steroid dienone is 16. The van der Waals surface area contributed by atoms with Gasteiger partial charge in [-0.3, -0.25) is 14.4 Å². The van der Waals surface area contributed by atoms with Crippen LogP contribution in [0.1, 0.15) is 226 Å². The first-order valence-corrected chi connectivity index (χ1v) is 25.8. The monoisotopic (exact) mass is 875 g/mol. The lowest BCUT2D eigenvalue weighted by atomic mass is 10.1. The third-order valence-electron chi connectivity index (χ3n) is 10.7. The molecule has 0 rings (SSSR count). The molecule has 0 radical (unpaired) electrons. The highest BCUT2D eigenvalue weighted by Crippen LogP contribution is 2.13. The minimum atomic E-state index is -0.803. The molecule has 6 nitrogen and oxygen atoms in total. The van der Waals surface area contributed by atoms with Crippen LogP contribution in [0.4, 0.5) is 0 Å². The molecule has 0 aromatic heterocycles. The maximum atomic E-state index is 12.8. The van der Waals surface area contributed by atoms with E-state index in [0.29, 0.717) is 19.3 Å². The zero-order valence-electron chi connectivity index (χ0n) is 40.8. The van der Waals surface area contributed by atoms with Crippen molar-refractivity contribution in [2.45, 2.75) is 232 Å². The molecule has 358 valence electrons. The Labute approximate surface area is 387 Å². The Balaban J connectivity index is 4.47. The summed E-state index contributed by atoms with van der Waals surface area (Å²) < 4.78 is 16.7. The van der Waals surface area contributed by atoms with Crippen molar-refractivity contribution in [3.8, 4) is 0 Å². The van der Waals surface area contributed by atoms with E-state index in [4.69, 9.17) is 14.2 Å². The molecule has 0 bridgehead atoms. The standard InChI is InChI=1S/C57H94O6/c1-4-7-10-13-16-19-22-24-26-28-29-31-32-35-38-41-44-47-50-56(59)62-53-54(52-61-55(58)49-46-43-40-37-34-21-18-15-12-9-6-3)63-57(60)51-48-45-42-39-36-33-30-27-25-23-20-17-14-11-8-5-2/h10,13,15-16,18-19,21-22,24,26-31,34,54H,4-9,11-12,14,17,20,23,25,32-33,35-53H2,1-3H3/b13-10-,18-15-,19-16-,24-22-,28-26-,30-27-,31-29-,34-21-. The van der Waals surface area contributed by atoms with Crippen molar-refractivity contribution in [2.24, 2.45) is 0 Å². The molecule has 0 aromatic carbocycles. The first-order valence-electron chi connectivity index (χ1n) is 25.8. The molecule has 6 heteroatoms. The van der Waals surface area contributed by atoms with Crippen molar-refractivity contribution in [1.29, 1.82) is 0 Å². The molecule has 0 saturated heterocycles. The second-order valence-electron chi connectivity index (χ2n) is 16.9. The lowest BCUT2D eigenvalue weighted by Gasteiger charge is -2.18. The summed E-state index contributed by atoms with van der Waals surface area (Å²) in [6.07, 6.45) is 66.7. The molecule has 1 atom stereocenters. The molecule has 1 unspecified atom stereocenters. The van der Waals surface area contributed by atoms with Gasteiger partial charge in [-0.1, -0.05) is 221 Å². The van der Waals surface area contributed by atoms with E-state index in [1.165, 1.54) is 77.0 Å². The van der Waals surface area contributed by atoms with Crippen LogP contribution >= 0.6 is 0 Å². The van der Waals surface area contributed by atoms with Gasteiger partial charge in [0.25, 0.3) is 0 Å². The first kappa shape index (κ1) is 59.3. The molecule has 0 fully saturated rings. The van der Waals surface area contributed by atoms with E-state index in [9.17, 15) is 14.4 Å².